The molecule has 2 aliphatic rings. The zero-order valence-corrected chi connectivity index (χ0v) is 27.1. The number of aromatic nitrogens is 1. The molecule has 7 aromatic rings. The number of hydrogen-bond acceptors (Lipinski definition) is 3. The Morgan fingerprint density at radius 2 is 1.18 bits per heavy atom. The van der Waals surface area contributed by atoms with Gasteiger partial charge in [-0.2, -0.15) is 0 Å². The van der Waals surface area contributed by atoms with E-state index in [0.29, 0.717) is 0 Å². The van der Waals surface area contributed by atoms with Gasteiger partial charge in [0.05, 0.1) is 17.3 Å². The second-order valence-electron chi connectivity index (χ2n) is 12.7. The summed E-state index contributed by atoms with van der Waals surface area (Å²) in [5.41, 5.74) is 14.5. The lowest BCUT2D eigenvalue weighted by Gasteiger charge is -2.33. The first-order valence-electron chi connectivity index (χ1n) is 17.0. The highest BCUT2D eigenvalue weighted by atomic mass is 15.2. The minimum absolute atomic E-state index is 0.0659. The fourth-order valence-electron chi connectivity index (χ4n) is 7.37. The van der Waals surface area contributed by atoms with Crippen molar-refractivity contribution in [3.8, 4) is 16.8 Å². The molecule has 0 spiro atoms. The predicted molar refractivity (Wildman–Crippen MR) is 202 cm³/mol. The van der Waals surface area contributed by atoms with Gasteiger partial charge in [0.15, 0.2) is 0 Å². The number of nitrogens with one attached hydrogen (secondary N) is 3. The van der Waals surface area contributed by atoms with E-state index < -0.39 is 0 Å². The van der Waals surface area contributed by atoms with E-state index in [1.54, 1.807) is 0 Å². The van der Waals surface area contributed by atoms with Crippen LogP contribution in [-0.2, 0) is 6.54 Å². The summed E-state index contributed by atoms with van der Waals surface area (Å²) in [6.07, 6.45) is 4.40. The van der Waals surface area contributed by atoms with Gasteiger partial charge in [0.1, 0.15) is 6.17 Å². The lowest BCUT2D eigenvalue weighted by molar-refractivity contribution is 0.443. The maximum Gasteiger partial charge on any atom is 0.104 e. The molecule has 0 amide bonds. The monoisotopic (exact) mass is 632 g/mol. The summed E-state index contributed by atoms with van der Waals surface area (Å²) in [6.45, 7) is 0.775. The number of para-hydroxylation sites is 1. The summed E-state index contributed by atoms with van der Waals surface area (Å²) < 4.78 is 2.43. The molecule has 0 fully saturated rings. The minimum atomic E-state index is -0.0659. The quantitative estimate of drug-likeness (QED) is 0.171. The summed E-state index contributed by atoms with van der Waals surface area (Å²) in [6, 6.07) is 58.7. The maximum absolute atomic E-state index is 3.87. The largest absolute Gasteiger partial charge is 0.386 e. The first kappa shape index (κ1) is 29.1. The van der Waals surface area contributed by atoms with E-state index in [0.717, 1.165) is 17.9 Å². The molecule has 4 nitrogen and oxygen atoms in total. The first-order chi connectivity index (χ1) is 24.3. The number of rotatable bonds is 6. The van der Waals surface area contributed by atoms with Crippen molar-refractivity contribution in [1.29, 1.82) is 0 Å². The van der Waals surface area contributed by atoms with E-state index in [9.17, 15) is 0 Å². The number of nitrogens with zero attached hydrogens (tertiary/aromatic N) is 1. The van der Waals surface area contributed by atoms with Crippen LogP contribution in [0.15, 0.2) is 176 Å². The zero-order chi connectivity index (χ0) is 32.6. The lowest BCUT2D eigenvalue weighted by atomic mass is 9.95. The van der Waals surface area contributed by atoms with E-state index in [4.69, 9.17) is 0 Å². The van der Waals surface area contributed by atoms with Gasteiger partial charge in [-0.25, -0.2) is 0 Å². The first-order valence-corrected chi connectivity index (χ1v) is 17.0. The summed E-state index contributed by atoms with van der Waals surface area (Å²) >= 11 is 0. The molecule has 0 saturated heterocycles. The van der Waals surface area contributed by atoms with Crippen LogP contribution in [0.1, 0.15) is 45.7 Å². The van der Waals surface area contributed by atoms with Gasteiger partial charge < -0.3 is 15.2 Å². The molecule has 6 aromatic carbocycles. The molecule has 3 heterocycles. The molecule has 2 atom stereocenters. The third-order valence-corrected chi connectivity index (χ3v) is 9.73. The van der Waals surface area contributed by atoms with Crippen LogP contribution in [0, 0.1) is 0 Å². The van der Waals surface area contributed by atoms with Crippen LogP contribution in [0.5, 0.6) is 0 Å². The van der Waals surface area contributed by atoms with Crippen molar-refractivity contribution < 1.29 is 0 Å². The Labute approximate surface area is 287 Å². The van der Waals surface area contributed by atoms with Crippen LogP contribution in [0.3, 0.4) is 0 Å². The Morgan fingerprint density at radius 1 is 0.551 bits per heavy atom. The molecule has 2 unspecified atom stereocenters. The van der Waals surface area contributed by atoms with Crippen LogP contribution in [0.25, 0.3) is 39.0 Å². The molecule has 3 N–H and O–H groups in total. The maximum atomic E-state index is 3.87. The van der Waals surface area contributed by atoms with Crippen molar-refractivity contribution >= 4 is 22.2 Å². The van der Waals surface area contributed by atoms with E-state index in [1.165, 1.54) is 61.1 Å². The molecule has 236 valence electrons. The Hall–Kier alpha value is -6.10. The highest BCUT2D eigenvalue weighted by molar-refractivity contribution is 5.97. The highest BCUT2D eigenvalue weighted by Crippen LogP contribution is 2.40. The fourth-order valence-corrected chi connectivity index (χ4v) is 7.37. The SMILES string of the molecule is C1=C(c2ccccc2)NC(c2cccc(-c3ccc4c(c3)c3c(n4-c4ccccc4)C(c4ccccc4)=CNC3)c2)NC1c1ccccc1. The van der Waals surface area contributed by atoms with Gasteiger partial charge >= 0.3 is 0 Å². The standard InChI is InChI=1S/C45H36N4/c1-5-14-31(15-6-1)39-29-46-30-40-38-27-35(24-25-43(38)49(44(39)40)37-22-11-4-12-23-37)34-20-13-21-36(26-34)45-47-41(32-16-7-2-8-17-32)28-42(48-45)33-18-9-3-10-19-33/h1-29,41,45-48H,30H2. The van der Waals surface area contributed by atoms with Crippen LogP contribution >= 0.6 is 0 Å². The Bertz CT molecular complexity index is 2320. The Balaban J connectivity index is 1.13. The summed E-state index contributed by atoms with van der Waals surface area (Å²) in [5, 5.41) is 12.5. The normalized spacial score (nSPS) is 17.0. The van der Waals surface area contributed by atoms with Crippen molar-refractivity contribution in [2.24, 2.45) is 0 Å². The van der Waals surface area contributed by atoms with Crippen molar-refractivity contribution in [3.63, 3.8) is 0 Å². The van der Waals surface area contributed by atoms with Gasteiger partial charge in [-0.15, -0.1) is 0 Å². The molecular formula is C45H36N4. The van der Waals surface area contributed by atoms with Crippen molar-refractivity contribution in [3.05, 3.63) is 210 Å². The molecule has 1 aromatic heterocycles. The molecule has 0 saturated carbocycles. The number of benzene rings is 6. The van der Waals surface area contributed by atoms with Gasteiger partial charge in [-0.3, -0.25) is 5.32 Å². The second kappa shape index (κ2) is 12.5. The number of fused-ring (bicyclic) bond motifs is 3. The topological polar surface area (TPSA) is 41.0 Å². The van der Waals surface area contributed by atoms with E-state index >= 15 is 0 Å². The van der Waals surface area contributed by atoms with Crippen molar-refractivity contribution in [2.75, 3.05) is 0 Å². The smallest absolute Gasteiger partial charge is 0.104 e. The summed E-state index contributed by atoms with van der Waals surface area (Å²) in [7, 11) is 0. The van der Waals surface area contributed by atoms with Crippen molar-refractivity contribution in [1.82, 2.24) is 20.5 Å². The number of hydrogen-bond donors (Lipinski definition) is 3. The Kier molecular flexibility index (Phi) is 7.41. The van der Waals surface area contributed by atoms with E-state index in [2.05, 4.69) is 197 Å². The molecule has 0 radical (unpaired) electrons. The molecule has 0 bridgehead atoms. The van der Waals surface area contributed by atoms with Gasteiger partial charge in [0, 0.05) is 40.7 Å². The van der Waals surface area contributed by atoms with Crippen molar-refractivity contribution in [2.45, 2.75) is 18.8 Å². The van der Waals surface area contributed by atoms with Gasteiger partial charge in [0.2, 0.25) is 0 Å². The predicted octanol–water partition coefficient (Wildman–Crippen LogP) is 9.76. The molecular weight excluding hydrogens is 597 g/mol. The zero-order valence-electron chi connectivity index (χ0n) is 27.1. The van der Waals surface area contributed by atoms with Gasteiger partial charge in [0.25, 0.3) is 0 Å². The fraction of sp³-hybridized carbons (Fsp3) is 0.0667. The van der Waals surface area contributed by atoms with Gasteiger partial charge in [-0.1, -0.05) is 133 Å². The molecule has 9 rings (SSSR count). The Morgan fingerprint density at radius 3 is 1.94 bits per heavy atom. The second-order valence-corrected chi connectivity index (χ2v) is 12.7. The lowest BCUT2D eigenvalue weighted by Crippen LogP contribution is -2.39. The van der Waals surface area contributed by atoms with Crippen LogP contribution in [0.2, 0.25) is 0 Å². The van der Waals surface area contributed by atoms with Crippen LogP contribution in [-0.4, -0.2) is 4.57 Å². The molecule has 2 aliphatic heterocycles. The van der Waals surface area contributed by atoms with E-state index in [1.807, 2.05) is 0 Å². The minimum Gasteiger partial charge on any atom is -0.386 e. The third kappa shape index (κ3) is 5.42. The van der Waals surface area contributed by atoms with E-state index in [-0.39, 0.29) is 12.2 Å². The molecule has 4 heteroatoms. The summed E-state index contributed by atoms with van der Waals surface area (Å²) in [5.74, 6) is 0. The highest BCUT2D eigenvalue weighted by Gasteiger charge is 2.26. The average molecular weight is 633 g/mol. The molecule has 0 aliphatic carbocycles. The van der Waals surface area contributed by atoms with Gasteiger partial charge in [-0.05, 0) is 69.8 Å². The van der Waals surface area contributed by atoms with Crippen LogP contribution < -0.4 is 16.0 Å². The van der Waals surface area contributed by atoms with Crippen LogP contribution in [0.4, 0.5) is 0 Å². The molecule has 49 heavy (non-hydrogen) atoms. The average Bonchev–Trinajstić information content (AvgIpc) is 3.53. The third-order valence-electron chi connectivity index (χ3n) is 9.73. The summed E-state index contributed by atoms with van der Waals surface area (Å²) in [4.78, 5) is 0.